The molecule has 326 valence electrons. The highest BCUT2D eigenvalue weighted by Crippen LogP contribution is 2.47. The number of pyridine rings is 1. The van der Waals surface area contributed by atoms with Gasteiger partial charge in [-0.2, -0.15) is 0 Å². The highest BCUT2D eigenvalue weighted by molar-refractivity contribution is 6.16. The first-order valence-electron chi connectivity index (χ1n) is 27.3. The summed E-state index contributed by atoms with van der Waals surface area (Å²) in [6, 6.07) is 65.2. The third-order valence-corrected chi connectivity index (χ3v) is 14.0. The largest absolute Gasteiger partial charge is 0.309 e. The van der Waals surface area contributed by atoms with Crippen molar-refractivity contribution in [3.05, 3.63) is 249 Å². The molecule has 15 rings (SSSR count). The molecule has 0 unspecified atom stereocenters. The molecule has 0 N–H and O–H groups in total. The summed E-state index contributed by atoms with van der Waals surface area (Å²) in [6.45, 7) is 0. The van der Waals surface area contributed by atoms with Crippen molar-refractivity contribution in [2.24, 2.45) is 0 Å². The second-order valence-electron chi connectivity index (χ2n) is 17.7. The maximum Gasteiger partial charge on any atom is 0.140 e. The smallest absolute Gasteiger partial charge is 0.140 e. The van der Waals surface area contributed by atoms with Crippen molar-refractivity contribution in [1.82, 2.24) is 23.3 Å². The summed E-state index contributed by atoms with van der Waals surface area (Å²) < 4.78 is 81.8. The zero-order chi connectivity index (χ0) is 52.8. The Hall–Kier alpha value is -9.45. The molecule has 0 fully saturated rings. The van der Waals surface area contributed by atoms with Gasteiger partial charge >= 0.3 is 0 Å². The molecule has 0 aliphatic carbocycles. The van der Waals surface area contributed by atoms with Gasteiger partial charge in [0.05, 0.1) is 60.8 Å². The molecule has 70 heavy (non-hydrogen) atoms. The lowest BCUT2D eigenvalue weighted by atomic mass is 9.91. The summed E-state index contributed by atoms with van der Waals surface area (Å²) in [6.07, 6.45) is 0. The van der Waals surface area contributed by atoms with E-state index < -0.39 is 0 Å². The van der Waals surface area contributed by atoms with Gasteiger partial charge in [-0.1, -0.05) is 176 Å². The summed E-state index contributed by atoms with van der Waals surface area (Å²) in [4.78, 5) is 5.53. The van der Waals surface area contributed by atoms with E-state index in [-0.39, 0.29) is 59.4 Å². The number of para-hydroxylation sites is 9. The molecule has 5 nitrogen and oxygen atoms in total. The average Bonchev–Trinajstić information content (AvgIpc) is 4.40. The van der Waals surface area contributed by atoms with E-state index in [0.717, 1.165) is 71.7 Å². The minimum Gasteiger partial charge on any atom is -0.309 e. The first kappa shape index (κ1) is 31.5. The first-order chi connectivity index (χ1) is 38.1. The van der Waals surface area contributed by atoms with Crippen LogP contribution in [-0.2, 0) is 0 Å². The fraction of sp³-hybridized carbons (Fsp3) is 0. The Kier molecular flexibility index (Phi) is 6.76. The van der Waals surface area contributed by atoms with Crippen molar-refractivity contribution < 1.29 is 11.0 Å². The van der Waals surface area contributed by atoms with E-state index in [4.69, 9.17) is 10.5 Å². The predicted octanol–water partition coefficient (Wildman–Crippen LogP) is 16.8. The third kappa shape index (κ3) is 5.51. The van der Waals surface area contributed by atoms with Crippen LogP contribution in [0.5, 0.6) is 0 Å². The van der Waals surface area contributed by atoms with Crippen molar-refractivity contribution in [1.29, 1.82) is 0 Å². The molecule has 10 aromatic carbocycles. The number of fused-ring (bicyclic) bond motifs is 12. The van der Waals surface area contributed by atoms with Crippen LogP contribution in [0.4, 0.5) is 0 Å². The summed E-state index contributed by atoms with van der Waals surface area (Å²) in [5, 5.41) is 6.24. The lowest BCUT2D eigenvalue weighted by molar-refractivity contribution is 1.01. The van der Waals surface area contributed by atoms with Crippen LogP contribution >= 0.6 is 0 Å². The number of aromatic nitrogens is 5. The minimum absolute atomic E-state index is 0.170. The fourth-order valence-electron chi connectivity index (χ4n) is 11.2. The molecule has 0 amide bonds. The van der Waals surface area contributed by atoms with Gasteiger partial charge in [0, 0.05) is 59.9 Å². The van der Waals surface area contributed by atoms with Crippen molar-refractivity contribution >= 4 is 87.2 Å². The van der Waals surface area contributed by atoms with E-state index in [2.05, 4.69) is 143 Å². The monoisotopic (exact) mass is 899 g/mol. The lowest BCUT2D eigenvalue weighted by Crippen LogP contribution is -2.06. The standard InChI is InChI=1S/C65H41N5/c1-2-20-43(21-3-1)67-54-32-11-10-28-50(54)52-30-18-31-53(65(52)67)51-29-19-39-61(68-55-33-12-4-22-44(55)45-23-5-13-34-56(45)68)64(51)42-40-62(69-57-35-14-6-24-46(57)47-25-7-15-36-58(47)69)66-63(41-42)70-59-37-16-8-26-48(59)49-27-9-17-38-60(49)70/h1-41H/i6D,8D,14D,16D,24D,26D,35D,37D. The molecule has 0 atom stereocenters. The van der Waals surface area contributed by atoms with Crippen LogP contribution in [0.15, 0.2) is 249 Å². The summed E-state index contributed by atoms with van der Waals surface area (Å²) in [5.41, 5.74) is 10.9. The van der Waals surface area contributed by atoms with Crippen molar-refractivity contribution in [2.45, 2.75) is 0 Å². The summed E-state index contributed by atoms with van der Waals surface area (Å²) >= 11 is 0. The number of hydrogen-bond donors (Lipinski definition) is 0. The van der Waals surface area contributed by atoms with E-state index in [1.807, 2.05) is 75.9 Å². The van der Waals surface area contributed by atoms with Gasteiger partial charge in [-0.3, -0.25) is 9.13 Å². The summed E-state index contributed by atoms with van der Waals surface area (Å²) in [7, 11) is 0. The third-order valence-electron chi connectivity index (χ3n) is 14.0. The molecule has 5 aromatic heterocycles. The van der Waals surface area contributed by atoms with Crippen LogP contribution in [0.25, 0.3) is 132 Å². The van der Waals surface area contributed by atoms with Crippen molar-refractivity contribution in [3.63, 3.8) is 0 Å². The van der Waals surface area contributed by atoms with Gasteiger partial charge in [-0.15, -0.1) is 0 Å². The van der Waals surface area contributed by atoms with Crippen LogP contribution < -0.4 is 0 Å². The molecule has 0 spiro atoms. The molecule has 0 radical (unpaired) electrons. The number of benzene rings is 10. The molecule has 0 bridgehead atoms. The van der Waals surface area contributed by atoms with Crippen LogP contribution in [0.3, 0.4) is 0 Å². The van der Waals surface area contributed by atoms with E-state index in [0.29, 0.717) is 49.8 Å². The Morgan fingerprint density at radius 2 is 0.729 bits per heavy atom. The maximum atomic E-state index is 9.58. The van der Waals surface area contributed by atoms with Gasteiger partial charge in [0.2, 0.25) is 0 Å². The molecular weight excluding hydrogens is 851 g/mol. The fourth-order valence-corrected chi connectivity index (χ4v) is 11.2. The second kappa shape index (κ2) is 15.0. The SMILES string of the molecule is [2H]c1c([2H])c([2H])c2c(c1[2H])c1ccccc1n2-c1cc(-c2c(-c3cccc4c5ccccc5n(-c5ccccc5)c34)cccc2-n2c3ccccc3c3ccccc32)cc(-n2c3ccccc3c3c([2H])c([2H])c([2H])c([2H])c32)n1. The Labute approximate surface area is 413 Å². The van der Waals surface area contributed by atoms with Gasteiger partial charge < -0.3 is 9.13 Å². The molecule has 0 saturated heterocycles. The molecule has 5 heteroatoms. The number of rotatable bonds is 6. The minimum atomic E-state index is -0.382. The molecule has 5 heterocycles. The van der Waals surface area contributed by atoms with E-state index in [9.17, 15) is 5.48 Å². The quantitative estimate of drug-likeness (QED) is 0.164. The van der Waals surface area contributed by atoms with Gasteiger partial charge in [0.1, 0.15) is 11.6 Å². The highest BCUT2D eigenvalue weighted by Gasteiger charge is 2.25. The van der Waals surface area contributed by atoms with Crippen molar-refractivity contribution in [3.8, 4) is 45.3 Å². The molecular formula is C65H41N5. The average molecular weight is 900 g/mol. The zero-order valence-corrected chi connectivity index (χ0v) is 37.3. The first-order valence-corrected chi connectivity index (χ1v) is 23.3. The highest BCUT2D eigenvalue weighted by atomic mass is 15.1. The molecule has 15 aromatic rings. The van der Waals surface area contributed by atoms with Gasteiger partial charge in [0.25, 0.3) is 0 Å². The molecule has 0 aliphatic heterocycles. The topological polar surface area (TPSA) is 32.6 Å². The van der Waals surface area contributed by atoms with Gasteiger partial charge in [-0.05, 0) is 83.9 Å². The van der Waals surface area contributed by atoms with Gasteiger partial charge in [0.15, 0.2) is 0 Å². The van der Waals surface area contributed by atoms with E-state index in [1.54, 1.807) is 0 Å². The molecule has 0 aliphatic rings. The number of hydrogen-bond acceptors (Lipinski definition) is 1. The predicted molar refractivity (Wildman–Crippen MR) is 292 cm³/mol. The Morgan fingerprint density at radius 1 is 0.314 bits per heavy atom. The van der Waals surface area contributed by atoms with Crippen LogP contribution in [-0.4, -0.2) is 23.3 Å². The second-order valence-corrected chi connectivity index (χ2v) is 17.7. The number of nitrogens with zero attached hydrogens (tertiary/aromatic N) is 5. The zero-order valence-electron chi connectivity index (χ0n) is 45.3. The van der Waals surface area contributed by atoms with Gasteiger partial charge in [-0.25, -0.2) is 4.98 Å². The summed E-state index contributed by atoms with van der Waals surface area (Å²) in [5.74, 6) is 0.648. The Balaban J connectivity index is 1.17. The lowest BCUT2D eigenvalue weighted by Gasteiger charge is -2.21. The van der Waals surface area contributed by atoms with Crippen LogP contribution in [0, 0.1) is 0 Å². The van der Waals surface area contributed by atoms with Crippen LogP contribution in [0.1, 0.15) is 11.0 Å². The Bertz CT molecular complexity index is 4880. The van der Waals surface area contributed by atoms with E-state index >= 15 is 0 Å². The van der Waals surface area contributed by atoms with E-state index in [1.165, 1.54) is 0 Å². The Morgan fingerprint density at radius 3 is 1.29 bits per heavy atom. The molecule has 0 saturated carbocycles. The maximum absolute atomic E-state index is 9.58. The normalized spacial score (nSPS) is 13.6. The van der Waals surface area contributed by atoms with Crippen molar-refractivity contribution in [2.75, 3.05) is 0 Å². The van der Waals surface area contributed by atoms with Crippen LogP contribution in [0.2, 0.25) is 0 Å².